The van der Waals surface area contributed by atoms with Crippen molar-refractivity contribution in [2.75, 3.05) is 13.2 Å². The number of carbonyl (C=O) groups excluding carboxylic acids is 2. The Balaban J connectivity index is -0.000000926. The van der Waals surface area contributed by atoms with Crippen LogP contribution in [0.25, 0.3) is 0 Å². The fourth-order valence-corrected chi connectivity index (χ4v) is 6.02. The maximum Gasteiger partial charge on any atom is 0.331 e. The summed E-state index contributed by atoms with van der Waals surface area (Å²) in [7, 11) is 0. The van der Waals surface area contributed by atoms with Gasteiger partial charge >= 0.3 is 23.9 Å². The van der Waals surface area contributed by atoms with E-state index >= 15 is 0 Å². The first kappa shape index (κ1) is 55.6. The predicted octanol–water partition coefficient (Wildman–Crippen LogP) is 12.9. The summed E-state index contributed by atoms with van der Waals surface area (Å²) in [4.78, 5) is 42.8. The number of hydrogen-bond acceptors (Lipinski definition) is 6. The zero-order chi connectivity index (χ0) is 38.6. The second kappa shape index (κ2) is 48.3. The van der Waals surface area contributed by atoms with E-state index in [-0.39, 0.29) is 27.3 Å². The van der Waals surface area contributed by atoms with Gasteiger partial charge in [0.05, 0.1) is 13.2 Å². The Hall–Kier alpha value is -1.72. The molecule has 0 aliphatic rings. The molecule has 0 saturated carbocycles. The number of carbonyl (C=O) groups is 4. The first-order valence-electron chi connectivity index (χ1n) is 21.5. The number of aliphatic carboxylic acids is 2. The molecule has 0 amide bonds. The summed E-state index contributed by atoms with van der Waals surface area (Å²) in [5.41, 5.74) is 0. The maximum absolute atomic E-state index is 11.1. The molecule has 0 unspecified atom stereocenters. The first-order chi connectivity index (χ1) is 25.3. The third-order valence-electron chi connectivity index (χ3n) is 9.21. The number of carboxylic acid groups (broad SMARTS) is 2. The van der Waals surface area contributed by atoms with Crippen molar-refractivity contribution in [3.63, 3.8) is 0 Å². The van der Waals surface area contributed by atoms with Crippen LogP contribution in [0.3, 0.4) is 0 Å². The average molecular weight is 850 g/mol. The van der Waals surface area contributed by atoms with Gasteiger partial charge in [-0.2, -0.15) is 0 Å². The van der Waals surface area contributed by atoms with Gasteiger partial charge in [0.15, 0.2) is 0 Å². The quantitative estimate of drug-likeness (QED) is 0.0272. The van der Waals surface area contributed by atoms with Crippen LogP contribution in [0.1, 0.15) is 219 Å². The van der Waals surface area contributed by atoms with E-state index in [9.17, 15) is 19.2 Å². The minimum Gasteiger partial charge on any atom is -0.478 e. The second-order valence-corrected chi connectivity index (χ2v) is 14.3. The molecule has 9 heteroatoms. The summed E-state index contributed by atoms with van der Waals surface area (Å²) in [5.74, 6) is -3.42. The van der Waals surface area contributed by atoms with Gasteiger partial charge in [-0.05, 0) is 12.8 Å². The minimum absolute atomic E-state index is 0. The third-order valence-corrected chi connectivity index (χ3v) is 9.21. The molecule has 0 aromatic heterocycles. The van der Waals surface area contributed by atoms with Crippen LogP contribution in [0, 0.1) is 0 Å². The minimum atomic E-state index is -1.13. The molecule has 8 nitrogen and oxygen atoms in total. The topological polar surface area (TPSA) is 127 Å². The van der Waals surface area contributed by atoms with E-state index in [4.69, 9.17) is 19.7 Å². The molecule has 2 N–H and O–H groups in total. The van der Waals surface area contributed by atoms with Gasteiger partial charge in [-0.25, -0.2) is 19.2 Å². The van der Waals surface area contributed by atoms with Crippen molar-refractivity contribution < 1.29 is 66.2 Å². The number of carboxylic acids is 2. The molecular weight excluding hydrogens is 769 g/mol. The van der Waals surface area contributed by atoms with Crippen molar-refractivity contribution >= 4 is 23.9 Å². The molecule has 0 heterocycles. The van der Waals surface area contributed by atoms with Gasteiger partial charge in [0.1, 0.15) is 0 Å². The van der Waals surface area contributed by atoms with Gasteiger partial charge in [0, 0.05) is 51.6 Å². The van der Waals surface area contributed by atoms with E-state index in [0.717, 1.165) is 50.0 Å². The Labute approximate surface area is 345 Å². The molecule has 0 aliphatic carbocycles. The van der Waals surface area contributed by atoms with Gasteiger partial charge in [-0.1, -0.05) is 206 Å². The molecule has 0 aromatic carbocycles. The Morgan fingerprint density at radius 2 is 0.528 bits per heavy atom. The van der Waals surface area contributed by atoms with Crippen molar-refractivity contribution in [3.8, 4) is 0 Å². The molecule has 0 aromatic rings. The van der Waals surface area contributed by atoms with Crippen molar-refractivity contribution in [1.82, 2.24) is 0 Å². The Kier molecular flexibility index (Phi) is 50.7. The fourth-order valence-electron chi connectivity index (χ4n) is 6.02. The molecular formula is C44H80CdO8. The van der Waals surface area contributed by atoms with Crippen LogP contribution in [0.5, 0.6) is 0 Å². The normalized spacial score (nSPS) is 10.9. The number of esters is 2. The van der Waals surface area contributed by atoms with Gasteiger partial charge < -0.3 is 19.7 Å². The summed E-state index contributed by atoms with van der Waals surface area (Å²) in [6.45, 7) is 5.28. The predicted molar refractivity (Wildman–Crippen MR) is 215 cm³/mol. The summed E-state index contributed by atoms with van der Waals surface area (Å²) in [6.07, 6.45) is 45.4. The van der Waals surface area contributed by atoms with E-state index < -0.39 is 23.9 Å². The van der Waals surface area contributed by atoms with Gasteiger partial charge in [-0.15, -0.1) is 0 Å². The van der Waals surface area contributed by atoms with Crippen LogP contribution >= 0.6 is 0 Å². The van der Waals surface area contributed by atoms with Gasteiger partial charge in [0.25, 0.3) is 0 Å². The van der Waals surface area contributed by atoms with E-state index in [1.807, 2.05) is 0 Å². The standard InChI is InChI=1S/2C22H40O4.Cd/c2*1-2-3-4-5-6-7-8-9-10-11-12-13-14-15-16-17-20-26-22(25)19-18-21(23)24;/h2*18-19H,2-17,20H2,1H3,(H,23,24);/b2*19-18+;. The summed E-state index contributed by atoms with van der Waals surface area (Å²) in [6, 6.07) is 0. The molecule has 0 radical (unpaired) electrons. The number of unbranched alkanes of at least 4 members (excludes halogenated alkanes) is 30. The molecule has 0 bridgehead atoms. The monoisotopic (exact) mass is 850 g/mol. The third kappa shape index (κ3) is 54.7. The summed E-state index contributed by atoms with van der Waals surface area (Å²) in [5, 5.41) is 16.8. The van der Waals surface area contributed by atoms with Gasteiger partial charge in [0.2, 0.25) is 0 Å². The van der Waals surface area contributed by atoms with E-state index in [1.54, 1.807) is 0 Å². The van der Waals surface area contributed by atoms with Crippen LogP contribution in [-0.4, -0.2) is 47.3 Å². The van der Waals surface area contributed by atoms with Gasteiger partial charge in [-0.3, -0.25) is 0 Å². The molecule has 0 atom stereocenters. The maximum atomic E-state index is 11.1. The molecule has 0 saturated heterocycles. The van der Waals surface area contributed by atoms with Crippen LogP contribution in [-0.2, 0) is 56.0 Å². The van der Waals surface area contributed by atoms with Crippen molar-refractivity contribution in [3.05, 3.63) is 24.3 Å². The first-order valence-corrected chi connectivity index (χ1v) is 21.5. The molecule has 0 spiro atoms. The zero-order valence-electron chi connectivity index (χ0n) is 34.4. The summed E-state index contributed by atoms with van der Waals surface area (Å²) >= 11 is 0. The van der Waals surface area contributed by atoms with Crippen molar-refractivity contribution in [1.29, 1.82) is 0 Å². The van der Waals surface area contributed by atoms with E-state index in [1.165, 1.54) is 180 Å². The largest absolute Gasteiger partial charge is 0.478 e. The van der Waals surface area contributed by atoms with Crippen LogP contribution in [0.15, 0.2) is 24.3 Å². The second-order valence-electron chi connectivity index (χ2n) is 14.3. The molecule has 306 valence electrons. The van der Waals surface area contributed by atoms with Crippen molar-refractivity contribution in [2.45, 2.75) is 219 Å². The van der Waals surface area contributed by atoms with Crippen LogP contribution < -0.4 is 0 Å². The number of ether oxygens (including phenoxy) is 2. The Bertz CT molecular complexity index is 803. The SMILES string of the molecule is CCCCCCCCCCCCCCCCCCOC(=O)/C=C/C(=O)O.CCCCCCCCCCCCCCCCCCOC(=O)/C=C/C(=O)O.[Cd]. The Morgan fingerprint density at radius 1 is 0.340 bits per heavy atom. The van der Waals surface area contributed by atoms with Crippen molar-refractivity contribution in [2.24, 2.45) is 0 Å². The molecule has 53 heavy (non-hydrogen) atoms. The van der Waals surface area contributed by atoms with E-state index in [0.29, 0.717) is 13.2 Å². The smallest absolute Gasteiger partial charge is 0.331 e. The molecule has 0 fully saturated rings. The van der Waals surface area contributed by atoms with E-state index in [2.05, 4.69) is 13.8 Å². The van der Waals surface area contributed by atoms with Crippen LogP contribution in [0.2, 0.25) is 0 Å². The average Bonchev–Trinajstić information content (AvgIpc) is 3.12. The summed E-state index contributed by atoms with van der Waals surface area (Å²) < 4.78 is 9.84. The fraction of sp³-hybridized carbons (Fsp3) is 0.818. The molecule has 0 rings (SSSR count). The van der Waals surface area contributed by atoms with Crippen LogP contribution in [0.4, 0.5) is 0 Å². The number of hydrogen-bond donors (Lipinski definition) is 2. The Morgan fingerprint density at radius 3 is 0.717 bits per heavy atom. The number of rotatable bonds is 38. The zero-order valence-corrected chi connectivity index (χ0v) is 38.4. The molecule has 0 aliphatic heterocycles.